The van der Waals surface area contributed by atoms with E-state index in [1.807, 2.05) is 54.7 Å². The molecule has 11 rings (SSSR count). The Kier molecular flexibility index (Phi) is 10.2. The van der Waals surface area contributed by atoms with Gasteiger partial charge in [0.05, 0.1) is 30.5 Å². The van der Waals surface area contributed by atoms with Gasteiger partial charge in [0.25, 0.3) is 0 Å². The van der Waals surface area contributed by atoms with Crippen molar-refractivity contribution in [3.05, 3.63) is 194 Å². The summed E-state index contributed by atoms with van der Waals surface area (Å²) in [5.41, 5.74) is 9.93. The van der Waals surface area contributed by atoms with Crippen LogP contribution in [0.5, 0.6) is 0 Å². The van der Waals surface area contributed by atoms with E-state index in [9.17, 15) is 0 Å². The second-order valence-electron chi connectivity index (χ2n) is 15.7. The van der Waals surface area contributed by atoms with Gasteiger partial charge in [0.2, 0.25) is 0 Å². The van der Waals surface area contributed by atoms with Crippen LogP contribution >= 0.6 is 0 Å². The number of hydrogen-bond donors (Lipinski definition) is 0. The SMILES string of the molecule is C[Si](C)(C)c1ccc(-c2[c-]cccc2)nc1.[Ir].[c-]1ccc2c(oc3ccccc32)c1-c1nc2c3ccc4ccccc4c3ccc2n1-c1cccc(-c2ccccc2)c1. The van der Waals surface area contributed by atoms with Crippen LogP contribution in [-0.4, -0.2) is 22.6 Å². The first-order valence-electron chi connectivity index (χ1n) is 19.7. The number of nitrogens with zero attached hydrogens (tertiary/aromatic N) is 3. The second-order valence-corrected chi connectivity index (χ2v) is 20.7. The van der Waals surface area contributed by atoms with Gasteiger partial charge in [-0.3, -0.25) is 4.98 Å². The third-order valence-corrected chi connectivity index (χ3v) is 13.0. The molecule has 0 atom stereocenters. The molecule has 3 aromatic heterocycles. The summed E-state index contributed by atoms with van der Waals surface area (Å²) >= 11 is 0. The average molecular weight is 954 g/mol. The Morgan fingerprint density at radius 1 is 0.576 bits per heavy atom. The molecule has 0 saturated carbocycles. The van der Waals surface area contributed by atoms with Gasteiger partial charge in [-0.2, -0.15) is 0 Å². The van der Waals surface area contributed by atoms with Crippen molar-refractivity contribution < 1.29 is 24.5 Å². The van der Waals surface area contributed by atoms with Crippen LogP contribution in [0.2, 0.25) is 19.6 Å². The quantitative estimate of drug-likeness (QED) is 0.0981. The molecular weight excluding hydrogens is 915 g/mol. The fraction of sp³-hybridized carbons (Fsp3) is 0.0566. The number of imidazole rings is 1. The fourth-order valence-corrected chi connectivity index (χ4v) is 8.95. The Morgan fingerprint density at radius 3 is 2.14 bits per heavy atom. The first-order chi connectivity index (χ1) is 28.4. The van der Waals surface area contributed by atoms with Gasteiger partial charge in [0.1, 0.15) is 5.58 Å². The van der Waals surface area contributed by atoms with Gasteiger partial charge in [-0.25, -0.2) is 0 Å². The van der Waals surface area contributed by atoms with Gasteiger partial charge in [-0.15, -0.1) is 54.1 Å². The zero-order chi connectivity index (χ0) is 39.2. The molecule has 0 aliphatic carbocycles. The van der Waals surface area contributed by atoms with Gasteiger partial charge in [-0.05, 0) is 62.4 Å². The Morgan fingerprint density at radius 2 is 1.34 bits per heavy atom. The van der Waals surface area contributed by atoms with Crippen molar-refractivity contribution in [2.24, 2.45) is 0 Å². The van der Waals surface area contributed by atoms with E-state index < -0.39 is 8.07 Å². The van der Waals surface area contributed by atoms with E-state index >= 15 is 0 Å². The number of fused-ring (bicyclic) bond motifs is 8. The first-order valence-corrected chi connectivity index (χ1v) is 23.2. The summed E-state index contributed by atoms with van der Waals surface area (Å²) < 4.78 is 8.74. The summed E-state index contributed by atoms with van der Waals surface area (Å²) in [6.45, 7) is 7.00. The van der Waals surface area contributed by atoms with E-state index in [-0.39, 0.29) is 20.1 Å². The molecule has 11 aromatic rings. The summed E-state index contributed by atoms with van der Waals surface area (Å²) in [4.78, 5) is 9.91. The molecule has 8 aromatic carbocycles. The van der Waals surface area contributed by atoms with Crippen LogP contribution in [-0.2, 0) is 20.1 Å². The predicted octanol–water partition coefficient (Wildman–Crippen LogP) is 13.5. The van der Waals surface area contributed by atoms with Crippen LogP contribution in [0.1, 0.15) is 0 Å². The molecule has 4 nitrogen and oxygen atoms in total. The third-order valence-electron chi connectivity index (χ3n) is 10.9. The van der Waals surface area contributed by atoms with Crippen LogP contribution < -0.4 is 5.19 Å². The Labute approximate surface area is 358 Å². The molecule has 0 unspecified atom stereocenters. The largest absolute Gasteiger partial charge is 0.501 e. The van der Waals surface area contributed by atoms with Crippen LogP contribution in [0.25, 0.3) is 94.0 Å². The fourth-order valence-electron chi connectivity index (χ4n) is 7.92. The van der Waals surface area contributed by atoms with Crippen molar-refractivity contribution in [2.45, 2.75) is 19.6 Å². The minimum absolute atomic E-state index is 0. The van der Waals surface area contributed by atoms with E-state index in [4.69, 9.17) is 9.40 Å². The maximum absolute atomic E-state index is 6.48. The van der Waals surface area contributed by atoms with Crippen molar-refractivity contribution in [3.63, 3.8) is 0 Å². The first kappa shape index (κ1) is 38.1. The molecule has 0 saturated heterocycles. The summed E-state index contributed by atoms with van der Waals surface area (Å²) in [7, 11) is -1.23. The molecule has 0 fully saturated rings. The molecule has 0 bridgehead atoms. The maximum atomic E-state index is 6.48. The smallest absolute Gasteiger partial charge is 0.120 e. The van der Waals surface area contributed by atoms with E-state index in [1.54, 1.807) is 0 Å². The topological polar surface area (TPSA) is 43.9 Å². The molecule has 3 heterocycles. The number of hydrogen-bond acceptors (Lipinski definition) is 3. The van der Waals surface area contributed by atoms with Crippen molar-refractivity contribution in [2.75, 3.05) is 0 Å². The zero-order valence-electron chi connectivity index (χ0n) is 32.9. The molecule has 0 aliphatic heterocycles. The molecule has 6 heteroatoms. The molecule has 0 aliphatic rings. The van der Waals surface area contributed by atoms with Crippen molar-refractivity contribution >= 4 is 67.8 Å². The van der Waals surface area contributed by atoms with Crippen LogP contribution in [0.3, 0.4) is 0 Å². The van der Waals surface area contributed by atoms with Gasteiger partial charge >= 0.3 is 0 Å². The average Bonchev–Trinajstić information content (AvgIpc) is 3.86. The molecule has 0 spiro atoms. The summed E-state index contributed by atoms with van der Waals surface area (Å²) in [5.74, 6) is 0.806. The van der Waals surface area contributed by atoms with E-state index in [1.165, 1.54) is 26.9 Å². The van der Waals surface area contributed by atoms with Gasteiger partial charge in [-0.1, -0.05) is 146 Å². The molecule has 0 amide bonds. The van der Waals surface area contributed by atoms with E-state index in [2.05, 4.69) is 169 Å². The Hall–Kier alpha value is -6.43. The second kappa shape index (κ2) is 15.7. The number of rotatable bonds is 5. The third kappa shape index (κ3) is 7.10. The van der Waals surface area contributed by atoms with Crippen molar-refractivity contribution in [1.29, 1.82) is 0 Å². The number of aromatic nitrogens is 3. The van der Waals surface area contributed by atoms with Gasteiger partial charge in [0.15, 0.2) is 0 Å². The molecule has 1 radical (unpaired) electrons. The molecule has 59 heavy (non-hydrogen) atoms. The molecule has 0 N–H and O–H groups in total. The number of pyridine rings is 1. The van der Waals surface area contributed by atoms with E-state index in [0.717, 1.165) is 72.3 Å². The molecule has 287 valence electrons. The minimum Gasteiger partial charge on any atom is -0.501 e. The summed E-state index contributed by atoms with van der Waals surface area (Å²) in [5, 5.41) is 8.32. The van der Waals surface area contributed by atoms with E-state index in [0.29, 0.717) is 0 Å². The predicted molar refractivity (Wildman–Crippen MR) is 245 cm³/mol. The summed E-state index contributed by atoms with van der Waals surface area (Å²) in [6, 6.07) is 67.7. The van der Waals surface area contributed by atoms with Crippen molar-refractivity contribution in [3.8, 4) is 39.5 Å². The summed E-state index contributed by atoms with van der Waals surface area (Å²) in [6.07, 6.45) is 2.02. The molecular formula is C53H39IrN3OSi-2. The minimum atomic E-state index is -1.23. The van der Waals surface area contributed by atoms with Gasteiger partial charge in [0, 0.05) is 42.8 Å². The van der Waals surface area contributed by atoms with Crippen LogP contribution in [0.4, 0.5) is 0 Å². The Balaban J connectivity index is 0.000000224. The Bertz CT molecular complexity index is 3260. The maximum Gasteiger partial charge on any atom is 0.120 e. The number of para-hydroxylation sites is 1. The number of benzene rings is 8. The van der Waals surface area contributed by atoms with Crippen molar-refractivity contribution in [1.82, 2.24) is 14.5 Å². The zero-order valence-corrected chi connectivity index (χ0v) is 36.3. The number of furan rings is 1. The monoisotopic (exact) mass is 954 g/mol. The standard InChI is InChI=1S/C39H23N2O.C14H16NSi.Ir/c1-2-10-25(11-3-1)27-13-8-14-28(24-27)41-35-23-22-30-29-15-5-4-12-26(29)20-21-32(30)37(35)40-39(41)34-18-9-17-33-31-16-6-7-19-36(31)42-38(33)34;1-16(2,3)13-9-10-14(15-11-13)12-7-5-4-6-8-12;/h1-17,19-24H;4-7,9-11H,1-3H3;/q2*-1;. The van der Waals surface area contributed by atoms with Gasteiger partial charge < -0.3 is 14.0 Å². The normalized spacial score (nSPS) is 11.5. The van der Waals surface area contributed by atoms with Crippen LogP contribution in [0, 0.1) is 12.1 Å². The van der Waals surface area contributed by atoms with Crippen LogP contribution in [0.15, 0.2) is 187 Å².